The smallest absolute Gasteiger partial charge is 0.133 e. The first-order valence-corrected chi connectivity index (χ1v) is 4.84. The first kappa shape index (κ1) is 6.49. The van der Waals surface area contributed by atoms with E-state index in [1.54, 1.807) is 0 Å². The van der Waals surface area contributed by atoms with Gasteiger partial charge < -0.3 is 0 Å². The molecule has 6 heavy (non-hydrogen) atoms. The van der Waals surface area contributed by atoms with Crippen LogP contribution in [0.2, 0.25) is 0 Å². The molecule has 0 spiro atoms. The van der Waals surface area contributed by atoms with E-state index in [1.807, 2.05) is 0 Å². The summed E-state index contributed by atoms with van der Waals surface area (Å²) in [6, 6.07) is 0. The van der Waals surface area contributed by atoms with Crippen LogP contribution in [0.4, 0.5) is 0 Å². The van der Waals surface area contributed by atoms with E-state index >= 15 is 0 Å². The van der Waals surface area contributed by atoms with Gasteiger partial charge in [-0.15, -0.1) is 0 Å². The van der Waals surface area contributed by atoms with Gasteiger partial charge in [0.25, 0.3) is 0 Å². The number of rotatable bonds is 2. The largest absolute Gasteiger partial charge is 0.152 e. The van der Waals surface area contributed by atoms with Crippen molar-refractivity contribution < 1.29 is 0 Å². The summed E-state index contributed by atoms with van der Waals surface area (Å²) in [5, 5.41) is 0. The normalized spacial score (nSPS) is 14.3. The molecule has 0 aliphatic rings. The van der Waals surface area contributed by atoms with Crippen molar-refractivity contribution in [1.29, 1.82) is 0 Å². The highest BCUT2D eigenvalue weighted by Crippen LogP contribution is 2.22. The van der Waals surface area contributed by atoms with Gasteiger partial charge in [-0.1, -0.05) is 20.0 Å². The molecule has 0 fully saturated rings. The Labute approximate surface area is 42.4 Å². The Morgan fingerprint density at radius 2 is 2.17 bits per heavy atom. The van der Waals surface area contributed by atoms with Gasteiger partial charge in [0.15, 0.2) is 0 Å². The van der Waals surface area contributed by atoms with Gasteiger partial charge >= 0.3 is 0 Å². The van der Waals surface area contributed by atoms with Gasteiger partial charge in [-0.05, 0) is 6.16 Å². The van der Waals surface area contributed by atoms with E-state index in [1.165, 1.54) is 12.6 Å². The molecule has 1 atom stereocenters. The summed E-state index contributed by atoms with van der Waals surface area (Å²) in [6.45, 7) is 4.56. The fraction of sp³-hybridized carbons (Fsp3) is 1.00. The van der Waals surface area contributed by atoms with Crippen molar-refractivity contribution in [3.8, 4) is 0 Å². The van der Waals surface area contributed by atoms with Crippen LogP contribution >= 0.6 is 7.80 Å². The van der Waals surface area contributed by atoms with Crippen molar-refractivity contribution in [2.45, 2.75) is 13.3 Å². The molecule has 36 valence electrons. The van der Waals surface area contributed by atoms with Gasteiger partial charge in [0.1, 0.15) is 7.57 Å². The Bertz CT molecular complexity index is 28.7. The maximum atomic E-state index is 2.32. The third kappa shape index (κ3) is 4.49. The van der Waals surface area contributed by atoms with E-state index in [9.17, 15) is 0 Å². The molecular weight excluding hydrogens is 89.8 g/mol. The van der Waals surface area contributed by atoms with Gasteiger partial charge in [0.05, 0.1) is 0 Å². The monoisotopic (exact) mass is 102 g/mol. The molecule has 2 heteroatoms. The first-order valence-electron chi connectivity index (χ1n) is 2.42. The molecular formula is C4H12BP. The van der Waals surface area contributed by atoms with Gasteiger partial charge in [-0.2, -0.15) is 7.80 Å². The molecule has 0 radical (unpaired) electrons. The van der Waals surface area contributed by atoms with Gasteiger partial charge in [-0.25, -0.2) is 0 Å². The second-order valence-electron chi connectivity index (χ2n) is 1.80. The van der Waals surface area contributed by atoms with Crippen molar-refractivity contribution >= 4 is 15.4 Å². The summed E-state index contributed by atoms with van der Waals surface area (Å²) in [7, 11) is 2.72. The molecule has 0 aromatic rings. The van der Waals surface area contributed by atoms with Crippen LogP contribution < -0.4 is 0 Å². The number of hydrogen-bond donors (Lipinski definition) is 0. The van der Waals surface area contributed by atoms with Crippen LogP contribution in [0.15, 0.2) is 0 Å². The predicted molar refractivity (Wildman–Crippen MR) is 36.5 cm³/mol. The second kappa shape index (κ2) is 3.68. The molecule has 1 unspecified atom stereocenters. The van der Waals surface area contributed by atoms with Crippen LogP contribution in [0.25, 0.3) is 0 Å². The Balaban J connectivity index is 2.63. The molecule has 0 saturated heterocycles. The van der Waals surface area contributed by atoms with Crippen molar-refractivity contribution in [3.05, 3.63) is 0 Å². The molecule has 0 aliphatic heterocycles. The minimum atomic E-state index is 0.399. The maximum absolute atomic E-state index is 2.32. The van der Waals surface area contributed by atoms with Crippen LogP contribution in [-0.2, 0) is 0 Å². The Hall–Kier alpha value is 0.495. The van der Waals surface area contributed by atoms with Gasteiger partial charge in [-0.3, -0.25) is 0 Å². The lowest BCUT2D eigenvalue weighted by atomic mass is 10.6. The van der Waals surface area contributed by atoms with Crippen molar-refractivity contribution in [2.75, 3.05) is 12.8 Å². The standard InChI is InChI=1S/C4H12BP/c1-3-4-6(2)5/h3-5H2,1-2H3. The summed E-state index contributed by atoms with van der Waals surface area (Å²) in [5.74, 6) is 0. The van der Waals surface area contributed by atoms with Gasteiger partial charge in [0.2, 0.25) is 0 Å². The summed E-state index contributed by atoms with van der Waals surface area (Å²) in [6.07, 6.45) is 2.80. The molecule has 0 amide bonds. The summed E-state index contributed by atoms with van der Waals surface area (Å²) < 4.78 is 0. The van der Waals surface area contributed by atoms with Crippen molar-refractivity contribution in [2.24, 2.45) is 0 Å². The topological polar surface area (TPSA) is 0 Å². The molecule has 0 aliphatic carbocycles. The van der Waals surface area contributed by atoms with E-state index in [0.29, 0.717) is 7.80 Å². The zero-order chi connectivity index (χ0) is 4.99. The fourth-order valence-corrected chi connectivity index (χ4v) is 1.34. The van der Waals surface area contributed by atoms with Crippen LogP contribution in [0.3, 0.4) is 0 Å². The average molecular weight is 102 g/mol. The Kier molecular flexibility index (Phi) is 3.98. The number of hydrogen-bond acceptors (Lipinski definition) is 0. The third-order valence-electron chi connectivity index (χ3n) is 0.671. The van der Waals surface area contributed by atoms with Crippen LogP contribution in [-0.4, -0.2) is 20.4 Å². The van der Waals surface area contributed by atoms with E-state index in [2.05, 4.69) is 21.2 Å². The highest BCUT2D eigenvalue weighted by Gasteiger charge is 1.84. The summed E-state index contributed by atoms with van der Waals surface area (Å²) >= 11 is 0. The molecule has 0 N–H and O–H groups in total. The van der Waals surface area contributed by atoms with E-state index < -0.39 is 0 Å². The zero-order valence-corrected chi connectivity index (χ0v) is 5.76. The molecule has 0 saturated carbocycles. The van der Waals surface area contributed by atoms with Crippen LogP contribution in [0, 0.1) is 0 Å². The van der Waals surface area contributed by atoms with E-state index in [0.717, 1.165) is 0 Å². The van der Waals surface area contributed by atoms with E-state index in [4.69, 9.17) is 0 Å². The summed E-state index contributed by atoms with van der Waals surface area (Å²) in [4.78, 5) is 0. The lowest BCUT2D eigenvalue weighted by Gasteiger charge is -1.97. The second-order valence-corrected chi connectivity index (χ2v) is 4.41. The lowest BCUT2D eigenvalue weighted by molar-refractivity contribution is 1.10. The molecule has 0 nitrogen and oxygen atoms in total. The van der Waals surface area contributed by atoms with Gasteiger partial charge in [0, 0.05) is 0 Å². The third-order valence-corrected chi connectivity index (χ3v) is 2.01. The quantitative estimate of drug-likeness (QED) is 0.361. The highest BCUT2D eigenvalue weighted by atomic mass is 31.1. The fourth-order valence-electron chi connectivity index (χ4n) is 0.447. The molecule has 0 bridgehead atoms. The lowest BCUT2D eigenvalue weighted by Crippen LogP contribution is -1.75. The Morgan fingerprint density at radius 3 is 2.17 bits per heavy atom. The average Bonchev–Trinajstić information content (AvgIpc) is 1.35. The molecule has 0 heterocycles. The minimum Gasteiger partial charge on any atom is -0.152 e. The molecule has 0 aromatic heterocycles. The first-order chi connectivity index (χ1) is 2.77. The SMILES string of the molecule is BP(C)CCC. The predicted octanol–water partition coefficient (Wildman–Crippen LogP) is 1.06. The molecule has 0 rings (SSSR count). The van der Waals surface area contributed by atoms with Crippen molar-refractivity contribution in [1.82, 2.24) is 0 Å². The highest BCUT2D eigenvalue weighted by molar-refractivity contribution is 7.81. The Morgan fingerprint density at radius 1 is 1.67 bits per heavy atom. The zero-order valence-electron chi connectivity index (χ0n) is 4.86. The van der Waals surface area contributed by atoms with Crippen LogP contribution in [0.5, 0.6) is 0 Å². The summed E-state index contributed by atoms with van der Waals surface area (Å²) in [5.41, 5.74) is 0. The molecule has 0 aromatic carbocycles. The van der Waals surface area contributed by atoms with Crippen molar-refractivity contribution in [3.63, 3.8) is 0 Å². The maximum Gasteiger partial charge on any atom is 0.133 e. The van der Waals surface area contributed by atoms with E-state index in [-0.39, 0.29) is 0 Å². The minimum absolute atomic E-state index is 0.399. The van der Waals surface area contributed by atoms with Crippen LogP contribution in [0.1, 0.15) is 13.3 Å².